The van der Waals surface area contributed by atoms with Crippen LogP contribution >= 0.6 is 0 Å². The van der Waals surface area contributed by atoms with Crippen LogP contribution in [0.1, 0.15) is 18.4 Å². The van der Waals surface area contributed by atoms with Crippen molar-refractivity contribution in [3.8, 4) is 0 Å². The van der Waals surface area contributed by atoms with Crippen molar-refractivity contribution < 1.29 is 9.94 Å². The first-order chi connectivity index (χ1) is 9.26. The molecule has 1 aromatic carbocycles. The van der Waals surface area contributed by atoms with E-state index in [0.29, 0.717) is 0 Å². The molecule has 2 aromatic rings. The Morgan fingerprint density at radius 2 is 2.21 bits per heavy atom. The molecule has 5 heteroatoms. The van der Waals surface area contributed by atoms with Gasteiger partial charge in [0.15, 0.2) is 5.84 Å². The first-order valence-electron chi connectivity index (χ1n) is 6.32. The smallest absolute Gasteiger partial charge is 0.170 e. The van der Waals surface area contributed by atoms with Crippen molar-refractivity contribution in [2.45, 2.75) is 19.4 Å². The van der Waals surface area contributed by atoms with Crippen LogP contribution in [0.25, 0.3) is 10.9 Å². The molecule has 0 spiro atoms. The van der Waals surface area contributed by atoms with Crippen molar-refractivity contribution in [1.82, 2.24) is 4.57 Å². The van der Waals surface area contributed by atoms with Crippen LogP contribution in [0.3, 0.4) is 0 Å². The Balaban J connectivity index is 2.15. The molecule has 0 unspecified atom stereocenters. The van der Waals surface area contributed by atoms with Crippen molar-refractivity contribution in [3.63, 3.8) is 0 Å². The normalized spacial score (nSPS) is 12.2. The quantitative estimate of drug-likeness (QED) is 0.275. The van der Waals surface area contributed by atoms with E-state index < -0.39 is 0 Å². The lowest BCUT2D eigenvalue weighted by atomic mass is 10.1. The molecule has 0 aliphatic heterocycles. The number of rotatable bonds is 6. The zero-order valence-electron chi connectivity index (χ0n) is 11.0. The van der Waals surface area contributed by atoms with Gasteiger partial charge in [0.05, 0.1) is 0 Å². The summed E-state index contributed by atoms with van der Waals surface area (Å²) in [6.45, 7) is 1.77. The molecule has 0 aliphatic carbocycles. The van der Waals surface area contributed by atoms with Gasteiger partial charge in [-0.15, -0.1) is 0 Å². The molecule has 19 heavy (non-hydrogen) atoms. The van der Waals surface area contributed by atoms with E-state index in [9.17, 15) is 0 Å². The van der Waals surface area contributed by atoms with E-state index in [4.69, 9.17) is 15.7 Å². The first-order valence-corrected chi connectivity index (χ1v) is 6.32. The Labute approximate surface area is 112 Å². The zero-order valence-corrected chi connectivity index (χ0v) is 11.0. The fraction of sp³-hybridized carbons (Fsp3) is 0.357. The van der Waals surface area contributed by atoms with Gasteiger partial charge in [-0.05, 0) is 37.1 Å². The third kappa shape index (κ3) is 3.06. The molecule has 0 radical (unpaired) electrons. The number of aromatic nitrogens is 1. The van der Waals surface area contributed by atoms with Crippen LogP contribution in [0.4, 0.5) is 0 Å². The molecule has 0 bridgehead atoms. The van der Waals surface area contributed by atoms with Gasteiger partial charge >= 0.3 is 0 Å². The molecule has 5 nitrogen and oxygen atoms in total. The fourth-order valence-corrected chi connectivity index (χ4v) is 2.14. The molecular weight excluding hydrogens is 242 g/mol. The van der Waals surface area contributed by atoms with Gasteiger partial charge in [0, 0.05) is 42.9 Å². The number of amidine groups is 1. The molecule has 102 valence electrons. The molecule has 0 saturated heterocycles. The highest BCUT2D eigenvalue weighted by Crippen LogP contribution is 2.18. The summed E-state index contributed by atoms with van der Waals surface area (Å²) >= 11 is 0. The van der Waals surface area contributed by atoms with Gasteiger partial charge < -0.3 is 20.2 Å². The predicted molar refractivity (Wildman–Crippen MR) is 75.6 cm³/mol. The third-order valence-corrected chi connectivity index (χ3v) is 3.17. The zero-order chi connectivity index (χ0) is 13.7. The number of fused-ring (bicyclic) bond motifs is 1. The van der Waals surface area contributed by atoms with Crippen LogP contribution in [-0.2, 0) is 11.3 Å². The summed E-state index contributed by atoms with van der Waals surface area (Å²) in [5.74, 6) is 0.134. The number of benzene rings is 1. The van der Waals surface area contributed by atoms with Gasteiger partial charge in [0.1, 0.15) is 0 Å². The summed E-state index contributed by atoms with van der Waals surface area (Å²) in [5, 5.41) is 12.8. The van der Waals surface area contributed by atoms with Gasteiger partial charge in [-0.3, -0.25) is 0 Å². The van der Waals surface area contributed by atoms with Gasteiger partial charge in [-0.2, -0.15) is 0 Å². The summed E-state index contributed by atoms with van der Waals surface area (Å²) < 4.78 is 7.25. The molecule has 0 aliphatic rings. The van der Waals surface area contributed by atoms with Gasteiger partial charge in [-0.1, -0.05) is 5.16 Å². The monoisotopic (exact) mass is 261 g/mol. The van der Waals surface area contributed by atoms with Crippen molar-refractivity contribution in [2.24, 2.45) is 10.9 Å². The standard InChI is InChI=1S/C14H19N3O2/c1-19-9-3-2-7-17-8-6-11-10-12(14(15)16-18)4-5-13(11)17/h4-6,8,10,18H,2-3,7,9H2,1H3,(H2,15,16). The number of hydrogen-bond donors (Lipinski definition) is 2. The lowest BCUT2D eigenvalue weighted by Gasteiger charge is -2.06. The van der Waals surface area contributed by atoms with E-state index in [1.807, 2.05) is 24.3 Å². The molecule has 1 aromatic heterocycles. The van der Waals surface area contributed by atoms with E-state index in [1.54, 1.807) is 7.11 Å². The maximum atomic E-state index is 8.68. The SMILES string of the molecule is COCCCCn1ccc2cc(/C(N)=N/O)ccc21. The second-order valence-corrected chi connectivity index (χ2v) is 4.47. The average Bonchev–Trinajstić information content (AvgIpc) is 2.85. The molecule has 0 atom stereocenters. The molecule has 0 fully saturated rings. The van der Waals surface area contributed by atoms with Crippen LogP contribution in [0.15, 0.2) is 35.6 Å². The van der Waals surface area contributed by atoms with Crippen molar-refractivity contribution in [1.29, 1.82) is 0 Å². The van der Waals surface area contributed by atoms with Crippen LogP contribution in [-0.4, -0.2) is 29.3 Å². The Morgan fingerprint density at radius 3 is 2.95 bits per heavy atom. The summed E-state index contributed by atoms with van der Waals surface area (Å²) in [5.41, 5.74) is 7.47. The number of nitrogens with zero attached hydrogens (tertiary/aromatic N) is 2. The molecule has 0 amide bonds. The van der Waals surface area contributed by atoms with E-state index in [0.717, 1.165) is 42.5 Å². The van der Waals surface area contributed by atoms with Gasteiger partial charge in [-0.25, -0.2) is 0 Å². The number of hydrogen-bond acceptors (Lipinski definition) is 3. The summed E-state index contributed by atoms with van der Waals surface area (Å²) in [6.07, 6.45) is 4.20. The Kier molecular flexibility index (Phi) is 4.41. The van der Waals surface area contributed by atoms with Crippen molar-refractivity contribution >= 4 is 16.7 Å². The van der Waals surface area contributed by atoms with E-state index >= 15 is 0 Å². The number of nitrogens with two attached hydrogens (primary N) is 1. The largest absolute Gasteiger partial charge is 0.409 e. The molecule has 0 saturated carbocycles. The van der Waals surface area contributed by atoms with Crippen molar-refractivity contribution in [2.75, 3.05) is 13.7 Å². The lowest BCUT2D eigenvalue weighted by Crippen LogP contribution is -2.12. The summed E-state index contributed by atoms with van der Waals surface area (Å²) in [7, 11) is 1.72. The first kappa shape index (κ1) is 13.4. The fourth-order valence-electron chi connectivity index (χ4n) is 2.14. The minimum Gasteiger partial charge on any atom is -0.409 e. The molecular formula is C14H19N3O2. The van der Waals surface area contributed by atoms with E-state index in [2.05, 4.69) is 15.9 Å². The van der Waals surface area contributed by atoms with Gasteiger partial charge in [0.2, 0.25) is 0 Å². The van der Waals surface area contributed by atoms with E-state index in [1.165, 1.54) is 0 Å². The van der Waals surface area contributed by atoms with Crippen LogP contribution in [0, 0.1) is 0 Å². The second kappa shape index (κ2) is 6.24. The Morgan fingerprint density at radius 1 is 1.37 bits per heavy atom. The maximum Gasteiger partial charge on any atom is 0.170 e. The second-order valence-electron chi connectivity index (χ2n) is 4.47. The highest BCUT2D eigenvalue weighted by Gasteiger charge is 2.04. The number of oxime groups is 1. The highest BCUT2D eigenvalue weighted by molar-refractivity contribution is 6.00. The molecule has 3 N–H and O–H groups in total. The van der Waals surface area contributed by atoms with Gasteiger partial charge in [0.25, 0.3) is 0 Å². The third-order valence-electron chi connectivity index (χ3n) is 3.17. The lowest BCUT2D eigenvalue weighted by molar-refractivity contribution is 0.191. The highest BCUT2D eigenvalue weighted by atomic mass is 16.5. The van der Waals surface area contributed by atoms with Crippen molar-refractivity contribution in [3.05, 3.63) is 36.0 Å². The maximum absolute atomic E-state index is 8.68. The van der Waals surface area contributed by atoms with Crippen LogP contribution in [0.2, 0.25) is 0 Å². The van der Waals surface area contributed by atoms with Crippen LogP contribution < -0.4 is 5.73 Å². The summed E-state index contributed by atoms with van der Waals surface area (Å²) in [4.78, 5) is 0. The Hall–Kier alpha value is -2.01. The minimum atomic E-state index is 0.134. The predicted octanol–water partition coefficient (Wildman–Crippen LogP) is 2.16. The molecule has 2 rings (SSSR count). The van der Waals surface area contributed by atoms with E-state index in [-0.39, 0.29) is 5.84 Å². The average molecular weight is 261 g/mol. The topological polar surface area (TPSA) is 72.8 Å². The van der Waals surface area contributed by atoms with Crippen LogP contribution in [0.5, 0.6) is 0 Å². The summed E-state index contributed by atoms with van der Waals surface area (Å²) in [6, 6.07) is 7.83. The number of ether oxygens (including phenoxy) is 1. The number of aryl methyl sites for hydroxylation is 1. The number of unbranched alkanes of at least 4 members (excludes halogenated alkanes) is 1. The minimum absolute atomic E-state index is 0.134. The number of methoxy groups -OCH3 is 1. The Bertz CT molecular complexity index is 575. The molecule has 1 heterocycles.